The number of ether oxygens (including phenoxy) is 2. The molecular formula is C26H28O4. The van der Waals surface area contributed by atoms with Crippen molar-refractivity contribution in [2.45, 2.75) is 40.0 Å². The molecule has 0 fully saturated rings. The molecule has 156 valence electrons. The summed E-state index contributed by atoms with van der Waals surface area (Å²) >= 11 is 0. The number of aryl methyl sites for hydroxylation is 1. The lowest BCUT2D eigenvalue weighted by Crippen LogP contribution is -2.12. The predicted molar refractivity (Wildman–Crippen MR) is 121 cm³/mol. The molecule has 0 bridgehead atoms. The third-order valence-electron chi connectivity index (χ3n) is 5.01. The zero-order chi connectivity index (χ0) is 21.7. The van der Waals surface area contributed by atoms with Crippen LogP contribution in [0, 0.1) is 5.92 Å². The Morgan fingerprint density at radius 1 is 0.933 bits per heavy atom. The number of unbranched alkanes of at least 4 members (excludes halogenated alkanes) is 1. The Labute approximate surface area is 177 Å². The highest BCUT2D eigenvalue weighted by Crippen LogP contribution is 2.29. The van der Waals surface area contributed by atoms with Gasteiger partial charge in [0.05, 0.1) is 12.5 Å². The summed E-state index contributed by atoms with van der Waals surface area (Å²) in [6.45, 7) is 9.41. The fourth-order valence-corrected chi connectivity index (χ4v) is 3.28. The topological polar surface area (TPSA) is 52.6 Å². The highest BCUT2D eigenvalue weighted by molar-refractivity contribution is 6.08. The molecule has 0 unspecified atom stereocenters. The van der Waals surface area contributed by atoms with Gasteiger partial charge in [-0.1, -0.05) is 56.8 Å². The molecule has 30 heavy (non-hydrogen) atoms. The van der Waals surface area contributed by atoms with Gasteiger partial charge in [-0.15, -0.1) is 0 Å². The van der Waals surface area contributed by atoms with Gasteiger partial charge >= 0.3 is 11.9 Å². The van der Waals surface area contributed by atoms with Crippen LogP contribution in [0.25, 0.3) is 21.5 Å². The maximum absolute atomic E-state index is 11.7. The molecule has 0 spiro atoms. The molecule has 0 aliphatic heterocycles. The van der Waals surface area contributed by atoms with Crippen LogP contribution in [0.3, 0.4) is 0 Å². The maximum Gasteiger partial charge on any atom is 0.338 e. The summed E-state index contributed by atoms with van der Waals surface area (Å²) < 4.78 is 10.6. The molecule has 4 heteroatoms. The van der Waals surface area contributed by atoms with E-state index in [1.54, 1.807) is 6.92 Å². The zero-order valence-electron chi connectivity index (χ0n) is 17.9. The van der Waals surface area contributed by atoms with Gasteiger partial charge in [-0.3, -0.25) is 4.79 Å². The van der Waals surface area contributed by atoms with Gasteiger partial charge in [-0.25, -0.2) is 4.79 Å². The first-order valence-corrected chi connectivity index (χ1v) is 10.3. The van der Waals surface area contributed by atoms with Gasteiger partial charge in [0.15, 0.2) is 0 Å². The van der Waals surface area contributed by atoms with Crippen molar-refractivity contribution in [3.05, 3.63) is 66.2 Å². The van der Waals surface area contributed by atoms with Crippen molar-refractivity contribution in [1.82, 2.24) is 0 Å². The standard InChI is InChI=1S/C26H28O4/c1-17(2)25(27)29-14-6-5-7-19-8-12-23-20(15-19)9-10-21-16-22(11-13-24(21)23)30-26(28)18(3)4/h8-13,15-17H,3,5-7,14H2,1-2,4H3. The Morgan fingerprint density at radius 3 is 2.27 bits per heavy atom. The Kier molecular flexibility index (Phi) is 6.88. The highest BCUT2D eigenvalue weighted by atomic mass is 16.5. The van der Waals surface area contributed by atoms with E-state index in [-0.39, 0.29) is 11.9 Å². The minimum atomic E-state index is -0.418. The second kappa shape index (κ2) is 9.57. The number of hydrogen-bond donors (Lipinski definition) is 0. The molecule has 4 nitrogen and oxygen atoms in total. The number of fused-ring (bicyclic) bond motifs is 3. The van der Waals surface area contributed by atoms with Crippen molar-refractivity contribution in [3.63, 3.8) is 0 Å². The highest BCUT2D eigenvalue weighted by Gasteiger charge is 2.09. The number of carbonyl (C=O) groups is 2. The number of benzene rings is 3. The maximum atomic E-state index is 11.7. The molecule has 3 rings (SSSR count). The summed E-state index contributed by atoms with van der Waals surface area (Å²) in [5.41, 5.74) is 1.64. The minimum absolute atomic E-state index is 0.0745. The summed E-state index contributed by atoms with van der Waals surface area (Å²) in [6, 6.07) is 16.3. The molecule has 0 N–H and O–H groups in total. The van der Waals surface area contributed by atoms with Crippen molar-refractivity contribution in [2.75, 3.05) is 6.61 Å². The Balaban J connectivity index is 1.68. The van der Waals surface area contributed by atoms with Gasteiger partial charge < -0.3 is 9.47 Å². The fraction of sp³-hybridized carbons (Fsp3) is 0.308. The first-order valence-electron chi connectivity index (χ1n) is 10.3. The molecule has 0 saturated heterocycles. The molecular weight excluding hydrogens is 376 g/mol. The lowest BCUT2D eigenvalue weighted by molar-refractivity contribution is -0.147. The van der Waals surface area contributed by atoms with E-state index in [4.69, 9.17) is 9.47 Å². The monoisotopic (exact) mass is 404 g/mol. The second-order valence-corrected chi connectivity index (χ2v) is 7.95. The summed E-state index contributed by atoms with van der Waals surface area (Å²) in [7, 11) is 0. The van der Waals surface area contributed by atoms with Crippen molar-refractivity contribution >= 4 is 33.5 Å². The molecule has 0 aliphatic rings. The third kappa shape index (κ3) is 5.26. The van der Waals surface area contributed by atoms with Gasteiger partial charge in [0.25, 0.3) is 0 Å². The average Bonchev–Trinajstić information content (AvgIpc) is 2.72. The van der Waals surface area contributed by atoms with E-state index in [0.717, 1.165) is 30.0 Å². The number of rotatable bonds is 8. The summed E-state index contributed by atoms with van der Waals surface area (Å²) in [4.78, 5) is 23.2. The quantitative estimate of drug-likeness (QED) is 0.152. The van der Waals surface area contributed by atoms with Gasteiger partial charge in [0, 0.05) is 5.57 Å². The Hall–Kier alpha value is -3.14. The van der Waals surface area contributed by atoms with E-state index < -0.39 is 5.97 Å². The minimum Gasteiger partial charge on any atom is -0.465 e. The lowest BCUT2D eigenvalue weighted by Gasteiger charge is -2.10. The smallest absolute Gasteiger partial charge is 0.338 e. The second-order valence-electron chi connectivity index (χ2n) is 7.95. The largest absolute Gasteiger partial charge is 0.465 e. The number of carbonyl (C=O) groups excluding carboxylic acids is 2. The van der Waals surface area contributed by atoms with Gasteiger partial charge in [-0.05, 0) is 65.4 Å². The van der Waals surface area contributed by atoms with Gasteiger partial charge in [-0.2, -0.15) is 0 Å². The third-order valence-corrected chi connectivity index (χ3v) is 5.01. The summed E-state index contributed by atoms with van der Waals surface area (Å²) in [5.74, 6) is -0.108. The van der Waals surface area contributed by atoms with Crippen LogP contribution in [0.1, 0.15) is 39.2 Å². The normalized spacial score (nSPS) is 11.1. The van der Waals surface area contributed by atoms with Crippen LogP contribution in [0.2, 0.25) is 0 Å². The molecule has 0 aromatic heterocycles. The van der Waals surface area contributed by atoms with Crippen molar-refractivity contribution in [2.24, 2.45) is 5.92 Å². The van der Waals surface area contributed by atoms with Crippen molar-refractivity contribution in [1.29, 1.82) is 0 Å². The van der Waals surface area contributed by atoms with Crippen LogP contribution in [0.5, 0.6) is 5.75 Å². The molecule has 0 radical (unpaired) electrons. The van der Waals surface area contributed by atoms with E-state index in [1.165, 1.54) is 16.3 Å². The zero-order valence-corrected chi connectivity index (χ0v) is 17.9. The van der Waals surface area contributed by atoms with Crippen molar-refractivity contribution < 1.29 is 19.1 Å². The van der Waals surface area contributed by atoms with Crippen molar-refractivity contribution in [3.8, 4) is 5.75 Å². The van der Waals surface area contributed by atoms with Crippen LogP contribution >= 0.6 is 0 Å². The van der Waals surface area contributed by atoms with E-state index in [1.807, 2.05) is 38.1 Å². The molecule has 0 amide bonds. The van der Waals surface area contributed by atoms with Crippen LogP contribution in [0.4, 0.5) is 0 Å². The van der Waals surface area contributed by atoms with E-state index in [0.29, 0.717) is 17.9 Å². The van der Waals surface area contributed by atoms with Crippen LogP contribution in [0.15, 0.2) is 60.7 Å². The van der Waals surface area contributed by atoms with E-state index in [2.05, 4.69) is 30.8 Å². The molecule has 3 aromatic rings. The molecule has 0 saturated carbocycles. The van der Waals surface area contributed by atoms with Gasteiger partial charge in [0.2, 0.25) is 0 Å². The SMILES string of the molecule is C=C(C)C(=O)Oc1ccc2c(ccc3cc(CCCCOC(=O)C(C)C)ccc32)c1. The van der Waals surface area contributed by atoms with Crippen LogP contribution in [-0.4, -0.2) is 18.5 Å². The first-order chi connectivity index (χ1) is 14.3. The first kappa shape index (κ1) is 21.6. The van der Waals surface area contributed by atoms with Crippen LogP contribution in [-0.2, 0) is 20.7 Å². The Morgan fingerprint density at radius 2 is 1.60 bits per heavy atom. The summed E-state index contributed by atoms with van der Waals surface area (Å²) in [6.07, 6.45) is 2.78. The number of esters is 2. The predicted octanol–water partition coefficient (Wildman–Crippen LogP) is 6.00. The van der Waals surface area contributed by atoms with E-state index >= 15 is 0 Å². The Bertz CT molecular complexity index is 1090. The summed E-state index contributed by atoms with van der Waals surface area (Å²) in [5, 5.41) is 4.49. The van der Waals surface area contributed by atoms with E-state index in [9.17, 15) is 9.59 Å². The number of hydrogen-bond acceptors (Lipinski definition) is 4. The molecule has 0 atom stereocenters. The molecule has 0 aliphatic carbocycles. The molecule has 0 heterocycles. The molecule has 3 aromatic carbocycles. The van der Waals surface area contributed by atoms with Crippen LogP contribution < -0.4 is 4.74 Å². The fourth-order valence-electron chi connectivity index (χ4n) is 3.28. The lowest BCUT2D eigenvalue weighted by atomic mass is 9.98. The van der Waals surface area contributed by atoms with Gasteiger partial charge in [0.1, 0.15) is 5.75 Å². The average molecular weight is 405 g/mol.